The minimum atomic E-state index is -0.128. The van der Waals surface area contributed by atoms with Crippen molar-refractivity contribution in [3.05, 3.63) is 30.2 Å². The molecule has 1 aliphatic rings. The van der Waals surface area contributed by atoms with E-state index in [4.69, 9.17) is 15.0 Å². The molecule has 2 aromatic rings. The smallest absolute Gasteiger partial charge is 0.244 e. The Morgan fingerprint density at radius 3 is 3.00 bits per heavy atom. The molecule has 5 heteroatoms. The van der Waals surface area contributed by atoms with Crippen LogP contribution in [0.4, 0.5) is 0 Å². The van der Waals surface area contributed by atoms with Crippen LogP contribution in [0.2, 0.25) is 0 Å². The van der Waals surface area contributed by atoms with Crippen molar-refractivity contribution in [1.29, 1.82) is 0 Å². The van der Waals surface area contributed by atoms with Crippen molar-refractivity contribution in [1.82, 2.24) is 10.1 Å². The molecule has 0 spiro atoms. The number of rotatable bonds is 4. The number of methoxy groups -OCH3 is 1. The lowest BCUT2D eigenvalue weighted by Crippen LogP contribution is -2.12. The Morgan fingerprint density at radius 1 is 1.44 bits per heavy atom. The number of nitrogens with two attached hydrogens (primary N) is 1. The summed E-state index contributed by atoms with van der Waals surface area (Å²) >= 11 is 0. The Hall–Kier alpha value is -1.88. The number of hydrogen-bond acceptors (Lipinski definition) is 5. The molecule has 1 aromatic carbocycles. The highest BCUT2D eigenvalue weighted by Crippen LogP contribution is 2.39. The number of aromatic nitrogens is 2. The summed E-state index contributed by atoms with van der Waals surface area (Å²) in [7, 11) is 1.63. The summed E-state index contributed by atoms with van der Waals surface area (Å²) in [6.07, 6.45) is 2.30. The first-order valence-electron chi connectivity index (χ1n) is 6.01. The van der Waals surface area contributed by atoms with Gasteiger partial charge in [0.05, 0.1) is 13.2 Å². The third-order valence-electron chi connectivity index (χ3n) is 3.18. The average Bonchev–Trinajstić information content (AvgIpc) is 3.15. The van der Waals surface area contributed by atoms with Crippen LogP contribution in [0.1, 0.15) is 24.8 Å². The third-order valence-corrected chi connectivity index (χ3v) is 3.18. The predicted molar refractivity (Wildman–Crippen MR) is 65.9 cm³/mol. The highest BCUT2D eigenvalue weighted by atomic mass is 16.5. The Labute approximate surface area is 105 Å². The lowest BCUT2D eigenvalue weighted by molar-refractivity contribution is 0.343. The van der Waals surface area contributed by atoms with Gasteiger partial charge in [0.25, 0.3) is 0 Å². The monoisotopic (exact) mass is 245 g/mol. The molecule has 1 aromatic heterocycles. The van der Waals surface area contributed by atoms with E-state index in [1.807, 2.05) is 24.3 Å². The van der Waals surface area contributed by atoms with Crippen molar-refractivity contribution >= 4 is 0 Å². The van der Waals surface area contributed by atoms with Crippen LogP contribution < -0.4 is 10.5 Å². The van der Waals surface area contributed by atoms with E-state index in [1.54, 1.807) is 7.11 Å². The Balaban J connectivity index is 1.87. The van der Waals surface area contributed by atoms with Gasteiger partial charge >= 0.3 is 0 Å². The van der Waals surface area contributed by atoms with Gasteiger partial charge < -0.3 is 15.0 Å². The molecule has 5 nitrogen and oxygen atoms in total. The van der Waals surface area contributed by atoms with Crippen molar-refractivity contribution in [2.45, 2.75) is 18.9 Å². The van der Waals surface area contributed by atoms with Crippen LogP contribution in [0.25, 0.3) is 11.4 Å². The van der Waals surface area contributed by atoms with Crippen molar-refractivity contribution < 1.29 is 9.26 Å². The zero-order valence-electron chi connectivity index (χ0n) is 10.2. The van der Waals surface area contributed by atoms with Crippen LogP contribution in [-0.2, 0) is 0 Å². The molecule has 1 aliphatic carbocycles. The van der Waals surface area contributed by atoms with Gasteiger partial charge in [0.15, 0.2) is 0 Å². The Bertz CT molecular complexity index is 549. The van der Waals surface area contributed by atoms with Crippen molar-refractivity contribution in [2.24, 2.45) is 11.7 Å². The molecule has 2 N–H and O–H groups in total. The first-order valence-corrected chi connectivity index (χ1v) is 6.01. The maximum atomic E-state index is 6.03. The van der Waals surface area contributed by atoms with Crippen molar-refractivity contribution in [3.8, 4) is 17.1 Å². The van der Waals surface area contributed by atoms with Crippen LogP contribution >= 0.6 is 0 Å². The highest BCUT2D eigenvalue weighted by molar-refractivity contribution is 5.56. The molecule has 0 amide bonds. The summed E-state index contributed by atoms with van der Waals surface area (Å²) in [4.78, 5) is 4.36. The summed E-state index contributed by atoms with van der Waals surface area (Å²) in [6, 6.07) is 7.43. The summed E-state index contributed by atoms with van der Waals surface area (Å²) < 4.78 is 10.4. The molecule has 3 rings (SSSR count). The van der Waals surface area contributed by atoms with E-state index in [0.717, 1.165) is 24.2 Å². The quantitative estimate of drug-likeness (QED) is 0.893. The standard InChI is InChI=1S/C13H15N3O2/c1-17-10-4-2-3-9(7-10)12-15-13(18-16-12)11(14)8-5-6-8/h2-4,7-8,11H,5-6,14H2,1H3. The van der Waals surface area contributed by atoms with Gasteiger partial charge in [-0.25, -0.2) is 0 Å². The Morgan fingerprint density at radius 2 is 2.28 bits per heavy atom. The largest absolute Gasteiger partial charge is 0.497 e. The number of nitrogens with zero attached hydrogens (tertiary/aromatic N) is 2. The minimum absolute atomic E-state index is 0.128. The SMILES string of the molecule is COc1cccc(-c2noc(C(N)C3CC3)n2)c1. The van der Waals surface area contributed by atoms with Gasteiger partial charge in [-0.2, -0.15) is 4.98 Å². The number of benzene rings is 1. The van der Waals surface area contributed by atoms with Gasteiger partial charge in [0, 0.05) is 5.56 Å². The van der Waals surface area contributed by atoms with Crippen LogP contribution in [0.15, 0.2) is 28.8 Å². The van der Waals surface area contributed by atoms with Crippen molar-refractivity contribution in [2.75, 3.05) is 7.11 Å². The molecule has 1 heterocycles. The summed E-state index contributed by atoms with van der Waals surface area (Å²) in [5.41, 5.74) is 6.89. The van der Waals surface area contributed by atoms with Gasteiger partial charge in [-0.3, -0.25) is 0 Å². The molecule has 1 unspecified atom stereocenters. The minimum Gasteiger partial charge on any atom is -0.497 e. The first kappa shape index (κ1) is 11.2. The molecule has 0 radical (unpaired) electrons. The van der Waals surface area contributed by atoms with Crippen LogP contribution in [-0.4, -0.2) is 17.3 Å². The molecule has 0 saturated heterocycles. The fraction of sp³-hybridized carbons (Fsp3) is 0.385. The van der Waals surface area contributed by atoms with E-state index in [9.17, 15) is 0 Å². The fourth-order valence-corrected chi connectivity index (χ4v) is 1.91. The van der Waals surface area contributed by atoms with E-state index in [1.165, 1.54) is 0 Å². The second-order valence-corrected chi connectivity index (χ2v) is 4.55. The van der Waals surface area contributed by atoms with E-state index in [2.05, 4.69) is 10.1 Å². The molecule has 18 heavy (non-hydrogen) atoms. The summed E-state index contributed by atoms with van der Waals surface area (Å²) in [5, 5.41) is 3.97. The second-order valence-electron chi connectivity index (χ2n) is 4.55. The van der Waals surface area contributed by atoms with Crippen LogP contribution in [0.3, 0.4) is 0 Å². The normalized spacial score (nSPS) is 16.6. The number of hydrogen-bond donors (Lipinski definition) is 1. The van der Waals surface area contributed by atoms with Gasteiger partial charge in [-0.05, 0) is 30.9 Å². The maximum Gasteiger partial charge on any atom is 0.244 e. The van der Waals surface area contributed by atoms with E-state index >= 15 is 0 Å². The predicted octanol–water partition coefficient (Wildman–Crippen LogP) is 2.16. The number of ether oxygens (including phenoxy) is 1. The zero-order valence-corrected chi connectivity index (χ0v) is 10.2. The molecule has 0 aliphatic heterocycles. The topological polar surface area (TPSA) is 74.2 Å². The molecule has 0 bridgehead atoms. The molecule has 1 atom stereocenters. The van der Waals surface area contributed by atoms with Gasteiger partial charge in [0.2, 0.25) is 11.7 Å². The molecule has 94 valence electrons. The maximum absolute atomic E-state index is 6.03. The van der Waals surface area contributed by atoms with Crippen LogP contribution in [0.5, 0.6) is 5.75 Å². The third kappa shape index (κ3) is 2.09. The van der Waals surface area contributed by atoms with Crippen molar-refractivity contribution in [3.63, 3.8) is 0 Å². The second kappa shape index (κ2) is 4.42. The first-order chi connectivity index (χ1) is 8.78. The molecule has 1 saturated carbocycles. The van der Waals surface area contributed by atoms with E-state index < -0.39 is 0 Å². The van der Waals surface area contributed by atoms with E-state index in [0.29, 0.717) is 17.6 Å². The lowest BCUT2D eigenvalue weighted by atomic mass is 10.2. The van der Waals surface area contributed by atoms with Gasteiger partial charge in [-0.1, -0.05) is 17.3 Å². The van der Waals surface area contributed by atoms with Crippen LogP contribution in [0, 0.1) is 5.92 Å². The van der Waals surface area contributed by atoms with Gasteiger partial charge in [0.1, 0.15) is 5.75 Å². The Kier molecular flexibility index (Phi) is 2.76. The molecule has 1 fully saturated rings. The van der Waals surface area contributed by atoms with Gasteiger partial charge in [-0.15, -0.1) is 0 Å². The summed E-state index contributed by atoms with van der Waals surface area (Å²) in [5.74, 6) is 2.35. The van der Waals surface area contributed by atoms with E-state index in [-0.39, 0.29) is 6.04 Å². The fourth-order valence-electron chi connectivity index (χ4n) is 1.91. The molecular formula is C13H15N3O2. The summed E-state index contributed by atoms with van der Waals surface area (Å²) in [6.45, 7) is 0. The zero-order chi connectivity index (χ0) is 12.5. The highest BCUT2D eigenvalue weighted by Gasteiger charge is 2.33. The molecular weight excluding hydrogens is 230 g/mol. The average molecular weight is 245 g/mol. The lowest BCUT2D eigenvalue weighted by Gasteiger charge is -2.02.